The third kappa shape index (κ3) is 4.57. The van der Waals surface area contributed by atoms with E-state index in [9.17, 15) is 13.2 Å². The molecule has 2 unspecified atom stereocenters. The molecule has 0 spiro atoms. The largest absolute Gasteiger partial charge is 0.467 e. The summed E-state index contributed by atoms with van der Waals surface area (Å²) in [5.41, 5.74) is 2.24. The maximum Gasteiger partial charge on any atom is 0.260 e. The monoisotopic (exact) mass is 423 g/mol. The topological polar surface area (TPSA) is 97.8 Å². The van der Waals surface area contributed by atoms with Crippen molar-refractivity contribution >= 4 is 15.9 Å². The van der Waals surface area contributed by atoms with Crippen LogP contribution in [0.3, 0.4) is 0 Å². The van der Waals surface area contributed by atoms with Crippen LogP contribution in [-0.4, -0.2) is 68.4 Å². The lowest BCUT2D eigenvalue weighted by molar-refractivity contribution is -0.136. The number of carbonyl (C=O) groups is 1. The molecular formula is C20H29N3O5S. The number of aromatic nitrogens is 1. The molecule has 4 aliphatic rings. The van der Waals surface area contributed by atoms with Gasteiger partial charge >= 0.3 is 0 Å². The van der Waals surface area contributed by atoms with E-state index in [0.717, 1.165) is 43.1 Å². The van der Waals surface area contributed by atoms with Gasteiger partial charge in [-0.3, -0.25) is 4.79 Å². The fourth-order valence-electron chi connectivity index (χ4n) is 4.90. The van der Waals surface area contributed by atoms with E-state index < -0.39 is 10.0 Å². The molecule has 9 heteroatoms. The summed E-state index contributed by atoms with van der Waals surface area (Å²) < 4.78 is 38.3. The van der Waals surface area contributed by atoms with Crippen molar-refractivity contribution in [3.05, 3.63) is 23.4 Å². The Kier molecular flexibility index (Phi) is 5.81. The predicted octanol–water partition coefficient (Wildman–Crippen LogP) is 1.34. The molecule has 4 heterocycles. The number of ether oxygens (including phenoxy) is 2. The van der Waals surface area contributed by atoms with Crippen LogP contribution in [0.5, 0.6) is 5.88 Å². The van der Waals surface area contributed by atoms with Gasteiger partial charge < -0.3 is 14.4 Å². The van der Waals surface area contributed by atoms with Gasteiger partial charge in [-0.2, -0.15) is 0 Å². The third-order valence-electron chi connectivity index (χ3n) is 6.32. The third-order valence-corrected chi connectivity index (χ3v) is 7.05. The van der Waals surface area contributed by atoms with Gasteiger partial charge in [-0.15, -0.1) is 0 Å². The summed E-state index contributed by atoms with van der Waals surface area (Å²) in [5.74, 6) is 0.731. The van der Waals surface area contributed by atoms with Gasteiger partial charge in [0.05, 0.1) is 25.0 Å². The molecule has 1 aliphatic carbocycles. The van der Waals surface area contributed by atoms with Crippen molar-refractivity contribution in [1.29, 1.82) is 0 Å². The smallest absolute Gasteiger partial charge is 0.260 e. The highest BCUT2D eigenvalue weighted by Crippen LogP contribution is 2.39. The van der Waals surface area contributed by atoms with Crippen LogP contribution in [0.1, 0.15) is 49.1 Å². The summed E-state index contributed by atoms with van der Waals surface area (Å²) in [4.78, 5) is 19.0. The minimum absolute atomic E-state index is 0.109. The molecule has 2 fully saturated rings. The number of amides is 1. The van der Waals surface area contributed by atoms with Crippen molar-refractivity contribution in [1.82, 2.24) is 14.6 Å². The van der Waals surface area contributed by atoms with Gasteiger partial charge in [0.15, 0.2) is 6.61 Å². The second kappa shape index (κ2) is 8.20. The zero-order valence-corrected chi connectivity index (χ0v) is 17.8. The lowest BCUT2D eigenvalue weighted by Crippen LogP contribution is -2.50. The number of hydrogen-bond donors (Lipinski definition) is 1. The zero-order chi connectivity index (χ0) is 20.6. The van der Waals surface area contributed by atoms with Crippen molar-refractivity contribution < 1.29 is 22.7 Å². The molecule has 1 saturated carbocycles. The Morgan fingerprint density at radius 1 is 1.21 bits per heavy atom. The van der Waals surface area contributed by atoms with Crippen LogP contribution in [-0.2, 0) is 19.6 Å². The minimum Gasteiger partial charge on any atom is -0.467 e. The van der Waals surface area contributed by atoms with Crippen molar-refractivity contribution in [3.8, 4) is 5.88 Å². The summed E-state index contributed by atoms with van der Waals surface area (Å²) in [7, 11) is -3.37. The van der Waals surface area contributed by atoms with Crippen molar-refractivity contribution in [2.75, 3.05) is 26.0 Å². The van der Waals surface area contributed by atoms with Gasteiger partial charge in [-0.1, -0.05) is 0 Å². The van der Waals surface area contributed by atoms with Crippen LogP contribution in [0.2, 0.25) is 0 Å². The Morgan fingerprint density at radius 2 is 1.97 bits per heavy atom. The molecule has 1 saturated heterocycles. The second-order valence-corrected chi connectivity index (χ2v) is 10.2. The van der Waals surface area contributed by atoms with Crippen molar-refractivity contribution in [2.45, 2.75) is 63.1 Å². The first-order chi connectivity index (χ1) is 13.8. The molecule has 2 atom stereocenters. The van der Waals surface area contributed by atoms with E-state index in [-0.39, 0.29) is 30.7 Å². The van der Waals surface area contributed by atoms with Gasteiger partial charge in [0, 0.05) is 24.3 Å². The van der Waals surface area contributed by atoms with E-state index in [2.05, 4.69) is 16.6 Å². The molecule has 1 N–H and O–H groups in total. The Bertz CT molecular complexity index is 867. The van der Waals surface area contributed by atoms with E-state index in [1.807, 2.05) is 6.07 Å². The van der Waals surface area contributed by atoms with E-state index in [4.69, 9.17) is 9.47 Å². The van der Waals surface area contributed by atoms with E-state index in [1.165, 1.54) is 0 Å². The van der Waals surface area contributed by atoms with Crippen LogP contribution >= 0.6 is 0 Å². The van der Waals surface area contributed by atoms with Gasteiger partial charge in [-0.25, -0.2) is 18.1 Å². The summed E-state index contributed by atoms with van der Waals surface area (Å²) in [6.45, 7) is 2.76. The lowest BCUT2D eigenvalue weighted by atomic mass is 9.81. The molecule has 5 rings (SSSR count). The Labute approximate surface area is 172 Å². The average Bonchev–Trinajstić information content (AvgIpc) is 3.05. The zero-order valence-electron chi connectivity index (χ0n) is 17.0. The summed E-state index contributed by atoms with van der Waals surface area (Å²) in [5, 5.41) is 0. The van der Waals surface area contributed by atoms with Gasteiger partial charge in [0.2, 0.25) is 15.9 Å². The summed E-state index contributed by atoms with van der Waals surface area (Å²) >= 11 is 0. The molecule has 1 amide bonds. The van der Waals surface area contributed by atoms with Crippen LogP contribution in [0.4, 0.5) is 0 Å². The standard InChI is InChI=1S/C20H29N3O5S/c1-13-7-9-21-20-19(13)14-3-5-15(6-4-14)27-11-17-16(22-29(2,25)26)8-10-23(17)18(24)12-28-20/h7,9,14-17,22H,3-6,8,10-12H2,1-2H3. The SMILES string of the molecule is Cc1ccnc2c1C1CCC(CC1)OCC1C(NS(C)(=O)=O)CCN1C(=O)CO2. The second-order valence-electron chi connectivity index (χ2n) is 8.38. The first kappa shape index (κ1) is 20.6. The number of aryl methyl sites for hydroxylation is 1. The lowest BCUT2D eigenvalue weighted by Gasteiger charge is -2.32. The van der Waals surface area contributed by atoms with Crippen LogP contribution < -0.4 is 9.46 Å². The average molecular weight is 424 g/mol. The molecular weight excluding hydrogens is 394 g/mol. The van der Waals surface area contributed by atoms with Gasteiger partial charge in [0.25, 0.3) is 5.91 Å². The molecule has 0 radical (unpaired) electrons. The highest BCUT2D eigenvalue weighted by molar-refractivity contribution is 7.88. The number of sulfonamides is 1. The van der Waals surface area contributed by atoms with E-state index in [1.54, 1.807) is 11.1 Å². The number of fused-ring (bicyclic) bond motifs is 5. The fourth-order valence-corrected chi connectivity index (χ4v) is 5.73. The summed E-state index contributed by atoms with van der Waals surface area (Å²) in [6.07, 6.45) is 7.40. The van der Waals surface area contributed by atoms with Gasteiger partial charge in [-0.05, 0) is 56.6 Å². The van der Waals surface area contributed by atoms with E-state index in [0.29, 0.717) is 31.4 Å². The maximum atomic E-state index is 12.9. The van der Waals surface area contributed by atoms with Crippen LogP contribution in [0, 0.1) is 6.92 Å². The van der Waals surface area contributed by atoms with Crippen molar-refractivity contribution in [2.24, 2.45) is 0 Å². The highest BCUT2D eigenvalue weighted by Gasteiger charge is 2.40. The van der Waals surface area contributed by atoms with Crippen LogP contribution in [0.25, 0.3) is 0 Å². The Hall–Kier alpha value is -1.71. The fraction of sp³-hybridized carbons (Fsp3) is 0.700. The van der Waals surface area contributed by atoms with E-state index >= 15 is 0 Å². The van der Waals surface area contributed by atoms with Gasteiger partial charge in [0.1, 0.15) is 0 Å². The number of pyridine rings is 1. The molecule has 160 valence electrons. The molecule has 3 aliphatic heterocycles. The molecule has 1 aromatic rings. The highest BCUT2D eigenvalue weighted by atomic mass is 32.2. The quantitative estimate of drug-likeness (QED) is 0.771. The molecule has 1 aromatic heterocycles. The minimum atomic E-state index is -3.37. The summed E-state index contributed by atoms with van der Waals surface area (Å²) in [6, 6.07) is 1.31. The molecule has 8 nitrogen and oxygen atoms in total. The first-order valence-corrected chi connectivity index (χ1v) is 12.2. The van der Waals surface area contributed by atoms with Crippen LogP contribution in [0.15, 0.2) is 12.3 Å². The number of carbonyl (C=O) groups excluding carboxylic acids is 1. The normalized spacial score (nSPS) is 30.6. The Morgan fingerprint density at radius 3 is 2.69 bits per heavy atom. The number of rotatable bonds is 2. The Balaban J connectivity index is 1.61. The maximum absolute atomic E-state index is 12.9. The molecule has 2 bridgehead atoms. The number of hydrogen-bond acceptors (Lipinski definition) is 6. The molecule has 0 aromatic carbocycles. The van der Waals surface area contributed by atoms with Crippen molar-refractivity contribution in [3.63, 3.8) is 0 Å². The number of nitrogens with zero attached hydrogens (tertiary/aromatic N) is 2. The molecule has 29 heavy (non-hydrogen) atoms. The first-order valence-electron chi connectivity index (χ1n) is 10.3. The number of nitrogens with one attached hydrogen (secondary N) is 1. The predicted molar refractivity (Wildman–Crippen MR) is 107 cm³/mol.